The number of aromatic amines is 1. The van der Waals surface area contributed by atoms with E-state index in [1.807, 2.05) is 0 Å². The van der Waals surface area contributed by atoms with Crippen molar-refractivity contribution in [2.45, 2.75) is 65.0 Å². The molecule has 168 valence electrons. The number of ether oxygens (including phenoxy) is 1. The van der Waals surface area contributed by atoms with Gasteiger partial charge >= 0.3 is 0 Å². The van der Waals surface area contributed by atoms with Crippen LogP contribution in [0.25, 0.3) is 11.0 Å². The van der Waals surface area contributed by atoms with E-state index < -0.39 is 0 Å². The second kappa shape index (κ2) is 8.55. The van der Waals surface area contributed by atoms with E-state index in [0.29, 0.717) is 11.8 Å². The van der Waals surface area contributed by atoms with Gasteiger partial charge in [-0.3, -0.25) is 4.79 Å². The first-order valence-corrected chi connectivity index (χ1v) is 12.0. The van der Waals surface area contributed by atoms with Crippen LogP contribution in [0.1, 0.15) is 49.6 Å². The number of rotatable bonds is 7. The van der Waals surface area contributed by atoms with Gasteiger partial charge in [-0.05, 0) is 74.5 Å². The van der Waals surface area contributed by atoms with Gasteiger partial charge in [0.1, 0.15) is 5.82 Å². The Morgan fingerprint density at radius 1 is 1.23 bits per heavy atom. The highest BCUT2D eigenvalue weighted by atomic mass is 16.5. The number of likely N-dealkylation sites (tertiary alicyclic amines) is 1. The fourth-order valence-corrected chi connectivity index (χ4v) is 5.58. The third kappa shape index (κ3) is 4.65. The Kier molecular flexibility index (Phi) is 5.78. The molecule has 0 spiro atoms. The lowest BCUT2D eigenvalue weighted by Gasteiger charge is -2.38. The van der Waals surface area contributed by atoms with Gasteiger partial charge in [-0.25, -0.2) is 4.98 Å². The van der Waals surface area contributed by atoms with E-state index in [2.05, 4.69) is 41.2 Å². The predicted octanol–water partition coefficient (Wildman–Crippen LogP) is 3.36. The van der Waals surface area contributed by atoms with E-state index >= 15 is 0 Å². The Bertz CT molecular complexity index is 950. The minimum Gasteiger partial charge on any atom is -0.376 e. The number of benzene rings is 1. The molecule has 6 heteroatoms. The van der Waals surface area contributed by atoms with Gasteiger partial charge in [0.25, 0.3) is 0 Å². The van der Waals surface area contributed by atoms with Gasteiger partial charge in [0.05, 0.1) is 23.2 Å². The molecule has 31 heavy (non-hydrogen) atoms. The molecule has 2 aliphatic carbocycles. The average molecular weight is 425 g/mol. The number of carbonyl (C=O) groups excluding carboxylic acids is 1. The van der Waals surface area contributed by atoms with Crippen molar-refractivity contribution in [2.75, 3.05) is 26.2 Å². The number of carbonyl (C=O) groups is 1. The summed E-state index contributed by atoms with van der Waals surface area (Å²) in [6.07, 6.45) is 5.84. The Morgan fingerprint density at radius 3 is 2.74 bits per heavy atom. The van der Waals surface area contributed by atoms with Crippen molar-refractivity contribution in [2.24, 2.45) is 17.8 Å². The molecule has 3 fully saturated rings. The molecule has 1 aliphatic heterocycles. The molecule has 5 rings (SSSR count). The van der Waals surface area contributed by atoms with Crippen LogP contribution in [0.2, 0.25) is 0 Å². The zero-order valence-corrected chi connectivity index (χ0v) is 19.1. The van der Waals surface area contributed by atoms with Crippen molar-refractivity contribution in [3.8, 4) is 0 Å². The number of amides is 1. The zero-order valence-electron chi connectivity index (χ0n) is 19.1. The van der Waals surface area contributed by atoms with Crippen LogP contribution < -0.4 is 5.32 Å². The monoisotopic (exact) mass is 424 g/mol. The number of hydrogen-bond acceptors (Lipinski definition) is 4. The molecule has 6 nitrogen and oxygen atoms in total. The summed E-state index contributed by atoms with van der Waals surface area (Å²) in [6, 6.07) is 4.47. The van der Waals surface area contributed by atoms with Gasteiger partial charge < -0.3 is 19.9 Å². The normalized spacial score (nSPS) is 28.7. The van der Waals surface area contributed by atoms with E-state index in [4.69, 9.17) is 9.72 Å². The molecule has 0 bridgehead atoms. The van der Waals surface area contributed by atoms with E-state index in [9.17, 15) is 4.79 Å². The standard InChI is InChI=1S/C25H36N4O2/c1-15-4-7-21-25(16(15)2)28-24(27-21)8-9-29-12-19-10-22(26-17(3)30)23(11-20(19)13-29)31-14-18-5-6-18/h4,7,18-20,22-23H,5-6,8-14H2,1-3H3,(H,26,30)(H,27,28)/t19-,20+,22-,23-/m1/s1. The van der Waals surface area contributed by atoms with Gasteiger partial charge in [0.2, 0.25) is 5.91 Å². The first-order chi connectivity index (χ1) is 15.0. The Morgan fingerprint density at radius 2 is 2.00 bits per heavy atom. The van der Waals surface area contributed by atoms with Gasteiger partial charge in [0.15, 0.2) is 0 Å². The third-order valence-corrected chi connectivity index (χ3v) is 7.72. The highest BCUT2D eigenvalue weighted by Crippen LogP contribution is 2.39. The Labute approximate surface area is 185 Å². The summed E-state index contributed by atoms with van der Waals surface area (Å²) in [7, 11) is 0. The maximum atomic E-state index is 11.8. The number of aryl methyl sites for hydroxylation is 2. The molecular weight excluding hydrogens is 388 g/mol. The summed E-state index contributed by atoms with van der Waals surface area (Å²) >= 11 is 0. The molecule has 2 N–H and O–H groups in total. The van der Waals surface area contributed by atoms with E-state index in [1.54, 1.807) is 6.92 Å². The summed E-state index contributed by atoms with van der Waals surface area (Å²) in [5.41, 5.74) is 4.82. The molecule has 1 aromatic heterocycles. The van der Waals surface area contributed by atoms with Gasteiger partial charge in [-0.15, -0.1) is 0 Å². The minimum absolute atomic E-state index is 0.0636. The van der Waals surface area contributed by atoms with Crippen LogP contribution in [0.4, 0.5) is 0 Å². The fraction of sp³-hybridized carbons (Fsp3) is 0.680. The average Bonchev–Trinajstić information content (AvgIpc) is 3.33. The van der Waals surface area contributed by atoms with E-state index in [1.165, 1.54) is 24.0 Å². The first-order valence-electron chi connectivity index (χ1n) is 12.0. The van der Waals surface area contributed by atoms with Crippen LogP contribution in [0.3, 0.4) is 0 Å². The smallest absolute Gasteiger partial charge is 0.217 e. The SMILES string of the molecule is CC(=O)N[C@@H]1C[C@@H]2CN(CCc3nc4c(C)c(C)ccc4[nH]3)C[C@@H]2C[C@H]1OCC1CC1. The summed E-state index contributed by atoms with van der Waals surface area (Å²) in [6.45, 7) is 10.1. The number of aromatic nitrogens is 2. The van der Waals surface area contributed by atoms with Crippen LogP contribution >= 0.6 is 0 Å². The summed E-state index contributed by atoms with van der Waals surface area (Å²) in [5, 5.41) is 3.19. The second-order valence-corrected chi connectivity index (χ2v) is 10.2. The minimum atomic E-state index is 0.0636. The highest BCUT2D eigenvalue weighted by molar-refractivity contribution is 5.79. The van der Waals surface area contributed by atoms with Crippen molar-refractivity contribution in [1.29, 1.82) is 0 Å². The Hall–Kier alpha value is -1.92. The van der Waals surface area contributed by atoms with E-state index in [-0.39, 0.29) is 18.1 Å². The van der Waals surface area contributed by atoms with Crippen LogP contribution in [-0.2, 0) is 16.0 Å². The van der Waals surface area contributed by atoms with Crippen molar-refractivity contribution in [3.63, 3.8) is 0 Å². The number of fused-ring (bicyclic) bond motifs is 2. The second-order valence-electron chi connectivity index (χ2n) is 10.2. The van der Waals surface area contributed by atoms with Crippen LogP contribution in [0, 0.1) is 31.6 Å². The molecule has 0 unspecified atom stereocenters. The summed E-state index contributed by atoms with van der Waals surface area (Å²) in [5.74, 6) is 3.23. The van der Waals surface area contributed by atoms with Gasteiger partial charge in [0, 0.05) is 39.6 Å². The molecule has 0 radical (unpaired) electrons. The van der Waals surface area contributed by atoms with Crippen molar-refractivity contribution in [3.05, 3.63) is 29.1 Å². The topological polar surface area (TPSA) is 70.2 Å². The number of hydrogen-bond donors (Lipinski definition) is 2. The molecule has 2 aromatic rings. The lowest BCUT2D eigenvalue weighted by Crippen LogP contribution is -2.50. The molecule has 2 saturated carbocycles. The maximum Gasteiger partial charge on any atom is 0.217 e. The highest BCUT2D eigenvalue weighted by Gasteiger charge is 2.43. The molecule has 4 atom stereocenters. The molecular formula is C25H36N4O2. The quantitative estimate of drug-likeness (QED) is 0.715. The lowest BCUT2D eigenvalue weighted by molar-refractivity contribution is -0.122. The number of H-pyrrole nitrogens is 1. The van der Waals surface area contributed by atoms with Crippen LogP contribution in [0.15, 0.2) is 12.1 Å². The van der Waals surface area contributed by atoms with Crippen LogP contribution in [0.5, 0.6) is 0 Å². The largest absolute Gasteiger partial charge is 0.376 e. The third-order valence-electron chi connectivity index (χ3n) is 7.72. The summed E-state index contributed by atoms with van der Waals surface area (Å²) < 4.78 is 6.30. The molecule has 1 saturated heterocycles. The van der Waals surface area contributed by atoms with Gasteiger partial charge in [-0.1, -0.05) is 6.07 Å². The predicted molar refractivity (Wildman–Crippen MR) is 122 cm³/mol. The van der Waals surface area contributed by atoms with Crippen molar-refractivity contribution >= 4 is 16.9 Å². The number of imidazole rings is 1. The maximum absolute atomic E-state index is 11.8. The van der Waals surface area contributed by atoms with Crippen molar-refractivity contribution in [1.82, 2.24) is 20.2 Å². The van der Waals surface area contributed by atoms with Crippen molar-refractivity contribution < 1.29 is 9.53 Å². The number of nitrogens with one attached hydrogen (secondary N) is 2. The van der Waals surface area contributed by atoms with Crippen LogP contribution in [-0.4, -0.2) is 59.2 Å². The lowest BCUT2D eigenvalue weighted by atomic mass is 9.77. The Balaban J connectivity index is 1.19. The molecule has 3 aliphatic rings. The fourth-order valence-electron chi connectivity index (χ4n) is 5.58. The molecule has 2 heterocycles. The van der Waals surface area contributed by atoms with Gasteiger partial charge in [-0.2, -0.15) is 0 Å². The van der Waals surface area contributed by atoms with E-state index in [0.717, 1.165) is 68.3 Å². The molecule has 1 amide bonds. The first kappa shape index (κ1) is 21.0. The summed E-state index contributed by atoms with van der Waals surface area (Å²) in [4.78, 5) is 22.7. The number of nitrogens with zero attached hydrogens (tertiary/aromatic N) is 2. The molecule has 1 aromatic carbocycles. The zero-order chi connectivity index (χ0) is 21.5.